The van der Waals surface area contributed by atoms with Crippen LogP contribution >= 0.6 is 0 Å². The van der Waals surface area contributed by atoms with Crippen LogP contribution in [0, 0.1) is 25.2 Å². The summed E-state index contributed by atoms with van der Waals surface area (Å²) in [5.41, 5.74) is 4.53. The van der Waals surface area contributed by atoms with Gasteiger partial charge < -0.3 is 9.64 Å². The van der Waals surface area contributed by atoms with Crippen molar-refractivity contribution in [1.29, 1.82) is 5.26 Å². The first-order valence-corrected chi connectivity index (χ1v) is 8.15. The van der Waals surface area contributed by atoms with E-state index in [0.717, 1.165) is 39.7 Å². The van der Waals surface area contributed by atoms with Gasteiger partial charge in [-0.25, -0.2) is 4.98 Å². The molecule has 6 heteroatoms. The molecule has 1 aromatic carbocycles. The van der Waals surface area contributed by atoms with Gasteiger partial charge in [0.25, 0.3) is 0 Å². The molecule has 0 aliphatic rings. The van der Waals surface area contributed by atoms with E-state index in [9.17, 15) is 0 Å². The van der Waals surface area contributed by atoms with Crippen molar-refractivity contribution in [1.82, 2.24) is 14.6 Å². The molecular formula is C19H21N5O. The third kappa shape index (κ3) is 3.01. The monoisotopic (exact) mass is 335 g/mol. The zero-order valence-corrected chi connectivity index (χ0v) is 14.9. The van der Waals surface area contributed by atoms with Gasteiger partial charge in [-0.2, -0.15) is 14.9 Å². The van der Waals surface area contributed by atoms with Crippen molar-refractivity contribution in [2.24, 2.45) is 0 Å². The molecule has 6 nitrogen and oxygen atoms in total. The molecular weight excluding hydrogens is 314 g/mol. The minimum absolute atomic E-state index is 0.457. The standard InChI is InChI=1S/C19H21N5O/c1-13-12-17(23(3)11-7-10-20)24-19(21-13)18(14(2)22-24)15-8-5-6-9-16(15)25-4/h5-6,8-9,12H,7,11H2,1-4H3. The van der Waals surface area contributed by atoms with Crippen molar-refractivity contribution in [3.63, 3.8) is 0 Å². The quantitative estimate of drug-likeness (QED) is 0.715. The predicted molar refractivity (Wildman–Crippen MR) is 97.9 cm³/mol. The Balaban J connectivity index is 2.24. The van der Waals surface area contributed by atoms with E-state index in [4.69, 9.17) is 20.1 Å². The number of para-hydroxylation sites is 1. The number of rotatable bonds is 5. The average Bonchev–Trinajstić information content (AvgIpc) is 2.94. The van der Waals surface area contributed by atoms with Crippen LogP contribution in [0.25, 0.3) is 16.8 Å². The largest absolute Gasteiger partial charge is 0.496 e. The Morgan fingerprint density at radius 3 is 2.76 bits per heavy atom. The zero-order valence-electron chi connectivity index (χ0n) is 14.9. The summed E-state index contributed by atoms with van der Waals surface area (Å²) < 4.78 is 7.37. The summed E-state index contributed by atoms with van der Waals surface area (Å²) in [6.07, 6.45) is 0.457. The lowest BCUT2D eigenvalue weighted by molar-refractivity contribution is 0.416. The molecule has 0 saturated carbocycles. The number of aryl methyl sites for hydroxylation is 2. The van der Waals surface area contributed by atoms with Crippen LogP contribution in [0.4, 0.5) is 5.82 Å². The lowest BCUT2D eigenvalue weighted by atomic mass is 10.1. The fourth-order valence-corrected chi connectivity index (χ4v) is 3.00. The molecule has 0 saturated heterocycles. The normalized spacial score (nSPS) is 10.7. The molecule has 0 aliphatic heterocycles. The number of ether oxygens (including phenoxy) is 1. The van der Waals surface area contributed by atoms with E-state index in [1.165, 1.54) is 0 Å². The number of fused-ring (bicyclic) bond motifs is 1. The van der Waals surface area contributed by atoms with Gasteiger partial charge in [0.15, 0.2) is 5.65 Å². The SMILES string of the molecule is COc1ccccc1-c1c(C)nn2c(N(C)CCC#N)cc(C)nc12. The molecule has 2 heterocycles. The summed E-state index contributed by atoms with van der Waals surface area (Å²) in [4.78, 5) is 6.76. The number of hydrogen-bond acceptors (Lipinski definition) is 5. The molecule has 0 aliphatic carbocycles. The molecule has 0 unspecified atom stereocenters. The fraction of sp³-hybridized carbons (Fsp3) is 0.316. The average molecular weight is 335 g/mol. The lowest BCUT2D eigenvalue weighted by Gasteiger charge is -2.19. The molecule has 0 amide bonds. The van der Waals surface area contributed by atoms with Crippen molar-refractivity contribution >= 4 is 11.5 Å². The molecule has 3 aromatic rings. The van der Waals surface area contributed by atoms with Gasteiger partial charge in [-0.1, -0.05) is 18.2 Å². The van der Waals surface area contributed by atoms with Gasteiger partial charge >= 0.3 is 0 Å². The number of nitriles is 1. The van der Waals surface area contributed by atoms with Crippen molar-refractivity contribution < 1.29 is 4.74 Å². The van der Waals surface area contributed by atoms with E-state index in [-0.39, 0.29) is 0 Å². The van der Waals surface area contributed by atoms with Gasteiger partial charge in [0, 0.05) is 30.9 Å². The summed E-state index contributed by atoms with van der Waals surface area (Å²) >= 11 is 0. The predicted octanol–water partition coefficient (Wildman–Crippen LogP) is 3.37. The Hall–Kier alpha value is -3.07. The van der Waals surface area contributed by atoms with Gasteiger partial charge in [-0.3, -0.25) is 0 Å². The number of aromatic nitrogens is 3. The van der Waals surface area contributed by atoms with Crippen LogP contribution in [-0.2, 0) is 0 Å². The molecule has 128 valence electrons. The van der Waals surface area contributed by atoms with Crippen molar-refractivity contribution in [3.8, 4) is 22.9 Å². The maximum atomic E-state index is 8.86. The highest BCUT2D eigenvalue weighted by atomic mass is 16.5. The summed E-state index contributed by atoms with van der Waals surface area (Å²) in [6.45, 7) is 4.58. The first kappa shape index (κ1) is 16.8. The molecule has 0 radical (unpaired) electrons. The third-order valence-corrected chi connectivity index (χ3v) is 4.20. The fourth-order valence-electron chi connectivity index (χ4n) is 3.00. The van der Waals surface area contributed by atoms with Crippen LogP contribution in [0.3, 0.4) is 0 Å². The van der Waals surface area contributed by atoms with Crippen LogP contribution in [-0.4, -0.2) is 35.3 Å². The second-order valence-electron chi connectivity index (χ2n) is 5.98. The van der Waals surface area contributed by atoms with E-state index in [0.29, 0.717) is 13.0 Å². The highest BCUT2D eigenvalue weighted by molar-refractivity contribution is 5.84. The van der Waals surface area contributed by atoms with Crippen molar-refractivity contribution in [2.45, 2.75) is 20.3 Å². The maximum Gasteiger partial charge on any atom is 0.165 e. The summed E-state index contributed by atoms with van der Waals surface area (Å²) in [7, 11) is 3.63. The molecule has 2 aromatic heterocycles. The zero-order chi connectivity index (χ0) is 18.0. The van der Waals surface area contributed by atoms with Gasteiger partial charge in [-0.05, 0) is 19.9 Å². The number of benzene rings is 1. The van der Waals surface area contributed by atoms with Gasteiger partial charge in [0.05, 0.1) is 30.9 Å². The molecule has 0 atom stereocenters. The molecule has 0 N–H and O–H groups in total. The van der Waals surface area contributed by atoms with Crippen LogP contribution in [0.15, 0.2) is 30.3 Å². The summed E-state index contributed by atoms with van der Waals surface area (Å²) in [5.74, 6) is 1.71. The van der Waals surface area contributed by atoms with Crippen LogP contribution in [0.1, 0.15) is 17.8 Å². The number of methoxy groups -OCH3 is 1. The molecule has 0 spiro atoms. The Morgan fingerprint density at radius 2 is 2.04 bits per heavy atom. The smallest absolute Gasteiger partial charge is 0.165 e. The van der Waals surface area contributed by atoms with E-state index < -0.39 is 0 Å². The van der Waals surface area contributed by atoms with E-state index in [2.05, 4.69) is 6.07 Å². The highest BCUT2D eigenvalue weighted by Gasteiger charge is 2.19. The first-order valence-electron chi connectivity index (χ1n) is 8.15. The van der Waals surface area contributed by atoms with Gasteiger partial charge in [0.1, 0.15) is 11.6 Å². The Kier molecular flexibility index (Phi) is 4.57. The summed E-state index contributed by atoms with van der Waals surface area (Å²) in [5, 5.41) is 13.6. The van der Waals surface area contributed by atoms with E-state index >= 15 is 0 Å². The third-order valence-electron chi connectivity index (χ3n) is 4.20. The van der Waals surface area contributed by atoms with E-state index in [1.807, 2.05) is 60.6 Å². The Labute approximate surface area is 147 Å². The van der Waals surface area contributed by atoms with Crippen molar-refractivity contribution in [3.05, 3.63) is 41.7 Å². The van der Waals surface area contributed by atoms with E-state index in [1.54, 1.807) is 7.11 Å². The number of anilines is 1. The first-order chi connectivity index (χ1) is 12.1. The maximum absolute atomic E-state index is 8.86. The molecule has 3 rings (SSSR count). The van der Waals surface area contributed by atoms with Gasteiger partial charge in [0.2, 0.25) is 0 Å². The van der Waals surface area contributed by atoms with Crippen LogP contribution < -0.4 is 9.64 Å². The highest BCUT2D eigenvalue weighted by Crippen LogP contribution is 2.35. The van der Waals surface area contributed by atoms with Crippen molar-refractivity contribution in [2.75, 3.05) is 25.6 Å². The molecule has 25 heavy (non-hydrogen) atoms. The second-order valence-corrected chi connectivity index (χ2v) is 5.98. The minimum atomic E-state index is 0.457. The molecule has 0 fully saturated rings. The second kappa shape index (κ2) is 6.81. The molecule has 0 bridgehead atoms. The number of hydrogen-bond donors (Lipinski definition) is 0. The van der Waals surface area contributed by atoms with Crippen LogP contribution in [0.2, 0.25) is 0 Å². The minimum Gasteiger partial charge on any atom is -0.496 e. The van der Waals surface area contributed by atoms with Gasteiger partial charge in [-0.15, -0.1) is 0 Å². The Morgan fingerprint density at radius 1 is 1.28 bits per heavy atom. The topological polar surface area (TPSA) is 66.5 Å². The number of nitrogens with zero attached hydrogens (tertiary/aromatic N) is 5. The lowest BCUT2D eigenvalue weighted by Crippen LogP contribution is -2.21. The summed E-state index contributed by atoms with van der Waals surface area (Å²) in [6, 6.07) is 12.1. The Bertz CT molecular complexity index is 954. The van der Waals surface area contributed by atoms with Crippen LogP contribution in [0.5, 0.6) is 5.75 Å².